The van der Waals surface area contributed by atoms with Crippen molar-refractivity contribution in [3.8, 4) is 11.5 Å². The average molecular weight is 199 g/mol. The maximum absolute atomic E-state index is 5.73. The molecule has 76 valence electrons. The first-order chi connectivity index (χ1) is 7.24. The minimum absolute atomic E-state index is 0.723. The van der Waals surface area contributed by atoms with Crippen LogP contribution in [0.2, 0.25) is 0 Å². The summed E-state index contributed by atoms with van der Waals surface area (Å²) in [4.78, 5) is 0. The van der Waals surface area contributed by atoms with E-state index in [1.807, 2.05) is 55.5 Å². The van der Waals surface area contributed by atoms with Gasteiger partial charge in [-0.15, -0.1) is 0 Å². The van der Waals surface area contributed by atoms with Gasteiger partial charge in [0.2, 0.25) is 0 Å². The molecule has 0 amide bonds. The number of aryl methyl sites for hydroxylation is 1. The standard InChI is InChI=1S/C13H13NO/c1-10-7-11(14)9-13(8-10)15-12-5-3-2-4-6-12/h2-9H,14H2,1H3. The van der Waals surface area contributed by atoms with Gasteiger partial charge in [0.15, 0.2) is 0 Å². The van der Waals surface area contributed by atoms with Crippen LogP contribution in [0.1, 0.15) is 5.56 Å². The molecule has 0 aromatic heterocycles. The highest BCUT2D eigenvalue weighted by Crippen LogP contribution is 2.24. The lowest BCUT2D eigenvalue weighted by molar-refractivity contribution is 0.482. The monoisotopic (exact) mass is 199 g/mol. The summed E-state index contributed by atoms with van der Waals surface area (Å²) in [6.07, 6.45) is 0. The smallest absolute Gasteiger partial charge is 0.129 e. The molecule has 0 fully saturated rings. The van der Waals surface area contributed by atoms with E-state index in [9.17, 15) is 0 Å². The first kappa shape index (κ1) is 9.59. The Kier molecular flexibility index (Phi) is 2.59. The van der Waals surface area contributed by atoms with E-state index in [4.69, 9.17) is 10.5 Å². The zero-order valence-corrected chi connectivity index (χ0v) is 8.60. The zero-order chi connectivity index (χ0) is 10.7. The Labute approximate surface area is 89.3 Å². The first-order valence-corrected chi connectivity index (χ1v) is 4.84. The summed E-state index contributed by atoms with van der Waals surface area (Å²) < 4.78 is 5.66. The molecule has 2 rings (SSSR count). The van der Waals surface area contributed by atoms with E-state index in [1.165, 1.54) is 0 Å². The lowest BCUT2D eigenvalue weighted by Crippen LogP contribution is -1.89. The van der Waals surface area contributed by atoms with Crippen LogP contribution in [0.15, 0.2) is 48.5 Å². The third kappa shape index (κ3) is 2.50. The summed E-state index contributed by atoms with van der Waals surface area (Å²) in [7, 11) is 0. The van der Waals surface area contributed by atoms with Crippen LogP contribution in [0.25, 0.3) is 0 Å². The molecule has 0 radical (unpaired) electrons. The van der Waals surface area contributed by atoms with Gasteiger partial charge in [-0.25, -0.2) is 0 Å². The van der Waals surface area contributed by atoms with Crippen LogP contribution in [0, 0.1) is 6.92 Å². The summed E-state index contributed by atoms with van der Waals surface area (Å²) in [5.74, 6) is 1.60. The number of hydrogen-bond acceptors (Lipinski definition) is 2. The maximum Gasteiger partial charge on any atom is 0.129 e. The predicted octanol–water partition coefficient (Wildman–Crippen LogP) is 3.37. The summed E-state index contributed by atoms with van der Waals surface area (Å²) in [5.41, 5.74) is 7.55. The lowest BCUT2D eigenvalue weighted by Gasteiger charge is -2.07. The summed E-state index contributed by atoms with van der Waals surface area (Å²) in [6, 6.07) is 15.4. The number of benzene rings is 2. The molecule has 0 bridgehead atoms. The second-order valence-corrected chi connectivity index (χ2v) is 3.49. The van der Waals surface area contributed by atoms with Crippen molar-refractivity contribution in [3.63, 3.8) is 0 Å². The normalized spacial score (nSPS) is 9.93. The van der Waals surface area contributed by atoms with Crippen LogP contribution in [-0.2, 0) is 0 Å². The fourth-order valence-electron chi connectivity index (χ4n) is 1.46. The van der Waals surface area contributed by atoms with E-state index in [-0.39, 0.29) is 0 Å². The van der Waals surface area contributed by atoms with E-state index in [2.05, 4.69) is 0 Å². The molecule has 0 heterocycles. The van der Waals surface area contributed by atoms with Crippen LogP contribution >= 0.6 is 0 Å². The minimum Gasteiger partial charge on any atom is -0.457 e. The molecule has 2 aromatic rings. The van der Waals surface area contributed by atoms with Gasteiger partial charge in [-0.2, -0.15) is 0 Å². The highest BCUT2D eigenvalue weighted by molar-refractivity contribution is 5.48. The summed E-state index contributed by atoms with van der Waals surface area (Å²) in [5, 5.41) is 0. The fraction of sp³-hybridized carbons (Fsp3) is 0.0769. The molecular formula is C13H13NO. The minimum atomic E-state index is 0.723. The van der Waals surface area contributed by atoms with Gasteiger partial charge in [-0.05, 0) is 36.8 Å². The largest absolute Gasteiger partial charge is 0.457 e. The van der Waals surface area contributed by atoms with Crippen LogP contribution in [0.3, 0.4) is 0 Å². The van der Waals surface area contributed by atoms with Crippen molar-refractivity contribution in [1.82, 2.24) is 0 Å². The molecule has 0 saturated carbocycles. The Morgan fingerprint density at radius 2 is 1.67 bits per heavy atom. The average Bonchev–Trinajstić information content (AvgIpc) is 2.17. The van der Waals surface area contributed by atoms with E-state index in [1.54, 1.807) is 0 Å². The van der Waals surface area contributed by atoms with E-state index < -0.39 is 0 Å². The molecule has 2 heteroatoms. The number of anilines is 1. The molecule has 2 nitrogen and oxygen atoms in total. The third-order valence-corrected chi connectivity index (χ3v) is 2.05. The second-order valence-electron chi connectivity index (χ2n) is 3.49. The Balaban J connectivity index is 2.25. The van der Waals surface area contributed by atoms with Crippen LogP contribution < -0.4 is 10.5 Å². The number of nitrogens with two attached hydrogens (primary N) is 1. The van der Waals surface area contributed by atoms with Crippen molar-refractivity contribution in [2.75, 3.05) is 5.73 Å². The van der Waals surface area contributed by atoms with Crippen molar-refractivity contribution >= 4 is 5.69 Å². The van der Waals surface area contributed by atoms with E-state index in [0.717, 1.165) is 22.7 Å². The molecule has 15 heavy (non-hydrogen) atoms. The maximum atomic E-state index is 5.73. The summed E-state index contributed by atoms with van der Waals surface area (Å²) in [6.45, 7) is 1.99. The lowest BCUT2D eigenvalue weighted by atomic mass is 10.2. The molecular weight excluding hydrogens is 186 g/mol. The van der Waals surface area contributed by atoms with Crippen LogP contribution in [0.4, 0.5) is 5.69 Å². The van der Waals surface area contributed by atoms with Gasteiger partial charge in [0.25, 0.3) is 0 Å². The fourth-order valence-corrected chi connectivity index (χ4v) is 1.46. The molecule has 0 unspecified atom stereocenters. The zero-order valence-electron chi connectivity index (χ0n) is 8.60. The Hall–Kier alpha value is -1.96. The number of nitrogen functional groups attached to an aromatic ring is 1. The van der Waals surface area contributed by atoms with Crippen molar-refractivity contribution in [3.05, 3.63) is 54.1 Å². The highest BCUT2D eigenvalue weighted by atomic mass is 16.5. The number of rotatable bonds is 2. The van der Waals surface area contributed by atoms with Gasteiger partial charge in [-0.1, -0.05) is 18.2 Å². The Bertz CT molecular complexity index is 431. The van der Waals surface area contributed by atoms with Crippen molar-refractivity contribution in [2.24, 2.45) is 0 Å². The summed E-state index contributed by atoms with van der Waals surface area (Å²) >= 11 is 0. The molecule has 0 aliphatic carbocycles. The highest BCUT2D eigenvalue weighted by Gasteiger charge is 1.98. The second kappa shape index (κ2) is 4.05. The Morgan fingerprint density at radius 1 is 0.933 bits per heavy atom. The number of ether oxygens (including phenoxy) is 1. The van der Waals surface area contributed by atoms with Crippen LogP contribution in [0.5, 0.6) is 11.5 Å². The van der Waals surface area contributed by atoms with Gasteiger partial charge in [-0.3, -0.25) is 0 Å². The number of hydrogen-bond donors (Lipinski definition) is 1. The SMILES string of the molecule is Cc1cc(N)cc(Oc2ccccc2)c1. The predicted molar refractivity (Wildman–Crippen MR) is 62.1 cm³/mol. The van der Waals surface area contributed by atoms with Gasteiger partial charge in [0, 0.05) is 11.8 Å². The molecule has 0 saturated heterocycles. The third-order valence-electron chi connectivity index (χ3n) is 2.05. The molecule has 2 N–H and O–H groups in total. The molecule has 0 atom stereocenters. The molecule has 2 aromatic carbocycles. The van der Waals surface area contributed by atoms with Crippen molar-refractivity contribution in [1.29, 1.82) is 0 Å². The van der Waals surface area contributed by atoms with Gasteiger partial charge in [0.05, 0.1) is 0 Å². The molecule has 0 aliphatic heterocycles. The van der Waals surface area contributed by atoms with Gasteiger partial charge >= 0.3 is 0 Å². The van der Waals surface area contributed by atoms with Crippen molar-refractivity contribution in [2.45, 2.75) is 6.92 Å². The first-order valence-electron chi connectivity index (χ1n) is 4.84. The van der Waals surface area contributed by atoms with E-state index in [0.29, 0.717) is 0 Å². The number of para-hydroxylation sites is 1. The molecule has 0 aliphatic rings. The Morgan fingerprint density at radius 3 is 2.33 bits per heavy atom. The van der Waals surface area contributed by atoms with Gasteiger partial charge in [0.1, 0.15) is 11.5 Å². The van der Waals surface area contributed by atoms with Crippen LogP contribution in [-0.4, -0.2) is 0 Å². The molecule has 0 spiro atoms. The topological polar surface area (TPSA) is 35.2 Å². The van der Waals surface area contributed by atoms with Gasteiger partial charge < -0.3 is 10.5 Å². The quantitative estimate of drug-likeness (QED) is 0.752. The van der Waals surface area contributed by atoms with E-state index >= 15 is 0 Å². The van der Waals surface area contributed by atoms with Crippen molar-refractivity contribution < 1.29 is 4.74 Å².